The van der Waals surface area contributed by atoms with E-state index >= 15 is 0 Å². The first-order valence-corrected chi connectivity index (χ1v) is 9.53. The van der Waals surface area contributed by atoms with Gasteiger partial charge in [-0.1, -0.05) is 30.3 Å². The highest BCUT2D eigenvalue weighted by Crippen LogP contribution is 2.17. The maximum atomic E-state index is 12.8. The summed E-state index contributed by atoms with van der Waals surface area (Å²) in [6.45, 7) is 3.31. The molecule has 0 aromatic heterocycles. The summed E-state index contributed by atoms with van der Waals surface area (Å²) in [7, 11) is 1.44. The van der Waals surface area contributed by atoms with E-state index in [-0.39, 0.29) is 13.2 Å². The first-order valence-electron chi connectivity index (χ1n) is 9.53. The smallest absolute Gasteiger partial charge is 0.328 e. The van der Waals surface area contributed by atoms with Gasteiger partial charge in [-0.25, -0.2) is 14.5 Å². The van der Waals surface area contributed by atoms with E-state index in [1.54, 1.807) is 6.92 Å². The van der Waals surface area contributed by atoms with Gasteiger partial charge in [0.05, 0.1) is 19.2 Å². The van der Waals surface area contributed by atoms with E-state index in [9.17, 15) is 24.3 Å². The van der Waals surface area contributed by atoms with Gasteiger partial charge in [-0.3, -0.25) is 14.9 Å². The molecule has 0 radical (unpaired) electrons. The summed E-state index contributed by atoms with van der Waals surface area (Å²) in [6.07, 6.45) is 0.970. The summed E-state index contributed by atoms with van der Waals surface area (Å²) in [6, 6.07) is 5.92. The second-order valence-corrected chi connectivity index (χ2v) is 6.94. The van der Waals surface area contributed by atoms with Crippen molar-refractivity contribution in [3.63, 3.8) is 0 Å². The second-order valence-electron chi connectivity index (χ2n) is 6.94. The number of ether oxygens (including phenoxy) is 1. The monoisotopic (exact) mass is 405 g/mol. The third-order valence-electron chi connectivity index (χ3n) is 4.77. The molecule has 3 amide bonds. The summed E-state index contributed by atoms with van der Waals surface area (Å²) in [5, 5.41) is 12.2. The number of nitrogens with zero attached hydrogens (tertiary/aromatic N) is 2. The SMILES string of the molecule is CCOC(=O)[C@H](CCc1ccccc1)N[C@H](C)C(=O)N1C(=O)N(C)C[C@@H]1C(=O)O. The molecule has 2 rings (SSSR count). The Kier molecular flexibility index (Phi) is 7.72. The normalized spacial score (nSPS) is 18.4. The lowest BCUT2D eigenvalue weighted by molar-refractivity contribution is -0.148. The van der Waals surface area contributed by atoms with Crippen LogP contribution in [-0.2, 0) is 25.5 Å². The minimum Gasteiger partial charge on any atom is -0.480 e. The third kappa shape index (κ3) is 5.54. The number of carboxylic acids is 1. The number of aliphatic carboxylic acids is 1. The van der Waals surface area contributed by atoms with Crippen molar-refractivity contribution < 1.29 is 29.0 Å². The molecule has 0 unspecified atom stereocenters. The molecule has 9 heteroatoms. The van der Waals surface area contributed by atoms with Gasteiger partial charge in [-0.05, 0) is 32.3 Å². The fraction of sp³-hybridized carbons (Fsp3) is 0.500. The highest BCUT2D eigenvalue weighted by molar-refractivity contribution is 6.02. The number of amides is 3. The van der Waals surface area contributed by atoms with E-state index in [0.717, 1.165) is 10.5 Å². The van der Waals surface area contributed by atoms with Gasteiger partial charge in [-0.15, -0.1) is 0 Å². The number of carboxylic acid groups (broad SMARTS) is 1. The second kappa shape index (κ2) is 10.0. The van der Waals surface area contributed by atoms with Gasteiger partial charge >= 0.3 is 18.0 Å². The Morgan fingerprint density at radius 3 is 2.52 bits per heavy atom. The summed E-state index contributed by atoms with van der Waals surface area (Å²) < 4.78 is 5.10. The van der Waals surface area contributed by atoms with E-state index in [1.807, 2.05) is 30.3 Å². The number of rotatable bonds is 9. The molecule has 1 aliphatic rings. The number of aryl methyl sites for hydroxylation is 1. The zero-order chi connectivity index (χ0) is 21.6. The number of nitrogens with one attached hydrogen (secondary N) is 1. The zero-order valence-corrected chi connectivity index (χ0v) is 16.8. The van der Waals surface area contributed by atoms with Crippen molar-refractivity contribution in [3.05, 3.63) is 35.9 Å². The van der Waals surface area contributed by atoms with Crippen molar-refractivity contribution in [2.24, 2.45) is 0 Å². The van der Waals surface area contributed by atoms with Crippen molar-refractivity contribution in [1.82, 2.24) is 15.1 Å². The van der Waals surface area contributed by atoms with E-state index in [2.05, 4.69) is 5.32 Å². The van der Waals surface area contributed by atoms with E-state index in [1.165, 1.54) is 18.9 Å². The predicted molar refractivity (Wildman–Crippen MR) is 104 cm³/mol. The molecule has 1 aromatic rings. The number of carbonyl (C=O) groups excluding carboxylic acids is 3. The molecule has 0 saturated carbocycles. The summed E-state index contributed by atoms with van der Waals surface area (Å²) in [5.74, 6) is -2.45. The van der Waals surface area contributed by atoms with Crippen LogP contribution in [0.3, 0.4) is 0 Å². The van der Waals surface area contributed by atoms with Crippen molar-refractivity contribution >= 4 is 23.9 Å². The van der Waals surface area contributed by atoms with Crippen LogP contribution in [0.25, 0.3) is 0 Å². The number of hydrogen-bond acceptors (Lipinski definition) is 6. The number of benzene rings is 1. The molecule has 0 spiro atoms. The maximum Gasteiger partial charge on any atom is 0.328 e. The highest BCUT2D eigenvalue weighted by atomic mass is 16.5. The summed E-state index contributed by atoms with van der Waals surface area (Å²) >= 11 is 0. The number of urea groups is 1. The van der Waals surface area contributed by atoms with Gasteiger partial charge in [0, 0.05) is 7.05 Å². The van der Waals surface area contributed by atoms with Crippen LogP contribution in [0, 0.1) is 0 Å². The number of esters is 1. The van der Waals surface area contributed by atoms with Gasteiger partial charge in [0.15, 0.2) is 6.04 Å². The molecular weight excluding hydrogens is 378 g/mol. The van der Waals surface area contributed by atoms with Crippen LogP contribution in [-0.4, -0.2) is 77.1 Å². The molecule has 3 atom stereocenters. The third-order valence-corrected chi connectivity index (χ3v) is 4.77. The average molecular weight is 405 g/mol. The molecule has 1 aromatic carbocycles. The van der Waals surface area contributed by atoms with Crippen LogP contribution in [0.15, 0.2) is 30.3 Å². The Hall–Kier alpha value is -2.94. The quantitative estimate of drug-likeness (QED) is 0.586. The lowest BCUT2D eigenvalue weighted by Crippen LogP contribution is -2.54. The number of carbonyl (C=O) groups is 4. The zero-order valence-electron chi connectivity index (χ0n) is 16.8. The molecule has 1 fully saturated rings. The molecule has 0 aliphatic carbocycles. The summed E-state index contributed by atoms with van der Waals surface area (Å²) in [5.41, 5.74) is 1.03. The predicted octanol–water partition coefficient (Wildman–Crippen LogP) is 0.876. The molecule has 1 heterocycles. The Morgan fingerprint density at radius 2 is 1.93 bits per heavy atom. The minimum absolute atomic E-state index is 0.0814. The fourth-order valence-corrected chi connectivity index (χ4v) is 3.22. The molecule has 158 valence electrons. The van der Waals surface area contributed by atoms with Crippen LogP contribution >= 0.6 is 0 Å². The first-order chi connectivity index (χ1) is 13.8. The standard InChI is InChI=1S/C20H27N3O6/c1-4-29-19(27)15(11-10-14-8-6-5-7-9-14)21-13(2)17(24)23-16(18(25)26)12-22(3)20(23)28/h5-9,13,15-16,21H,4,10-12H2,1-3H3,(H,25,26)/t13-,15+,16-/m1/s1. The van der Waals surface area contributed by atoms with Crippen LogP contribution in [0.5, 0.6) is 0 Å². The largest absolute Gasteiger partial charge is 0.480 e. The lowest BCUT2D eigenvalue weighted by atomic mass is 10.0. The maximum absolute atomic E-state index is 12.8. The van der Waals surface area contributed by atoms with Crippen molar-refractivity contribution in [3.8, 4) is 0 Å². The summed E-state index contributed by atoms with van der Waals surface area (Å²) in [4.78, 5) is 50.8. The Morgan fingerprint density at radius 1 is 1.28 bits per heavy atom. The Balaban J connectivity index is 2.09. The molecule has 9 nitrogen and oxygen atoms in total. The van der Waals surface area contributed by atoms with Crippen molar-refractivity contribution in [2.45, 2.75) is 44.8 Å². The average Bonchev–Trinajstić information content (AvgIpc) is 3.00. The minimum atomic E-state index is -1.26. The highest BCUT2D eigenvalue weighted by Gasteiger charge is 2.45. The molecule has 2 N–H and O–H groups in total. The van der Waals surface area contributed by atoms with Crippen LogP contribution in [0.4, 0.5) is 4.79 Å². The van der Waals surface area contributed by atoms with E-state index in [0.29, 0.717) is 12.8 Å². The van der Waals surface area contributed by atoms with Crippen LogP contribution < -0.4 is 5.32 Å². The number of likely N-dealkylation sites (N-methyl/N-ethyl adjacent to an activating group) is 1. The van der Waals surface area contributed by atoms with E-state index < -0.39 is 42.0 Å². The lowest BCUT2D eigenvalue weighted by Gasteiger charge is -2.26. The molecular formula is C20H27N3O6. The van der Waals surface area contributed by atoms with Crippen LogP contribution in [0.1, 0.15) is 25.8 Å². The van der Waals surface area contributed by atoms with Gasteiger partial charge in [0.1, 0.15) is 6.04 Å². The molecule has 29 heavy (non-hydrogen) atoms. The molecule has 0 bridgehead atoms. The van der Waals surface area contributed by atoms with E-state index in [4.69, 9.17) is 4.74 Å². The molecule has 1 aliphatic heterocycles. The number of hydrogen-bond donors (Lipinski definition) is 2. The van der Waals surface area contributed by atoms with Crippen LogP contribution in [0.2, 0.25) is 0 Å². The Bertz CT molecular complexity index is 754. The molecule has 1 saturated heterocycles. The van der Waals surface area contributed by atoms with Gasteiger partial charge in [0.25, 0.3) is 0 Å². The fourth-order valence-electron chi connectivity index (χ4n) is 3.22. The Labute approximate surface area is 169 Å². The van der Waals surface area contributed by atoms with Crippen molar-refractivity contribution in [2.75, 3.05) is 20.2 Å². The van der Waals surface area contributed by atoms with Gasteiger partial charge < -0.3 is 14.7 Å². The van der Waals surface area contributed by atoms with Gasteiger partial charge in [0.2, 0.25) is 5.91 Å². The first kappa shape index (κ1) is 22.4. The topological polar surface area (TPSA) is 116 Å². The van der Waals surface area contributed by atoms with Gasteiger partial charge in [-0.2, -0.15) is 0 Å². The number of imide groups is 1. The van der Waals surface area contributed by atoms with Crippen molar-refractivity contribution in [1.29, 1.82) is 0 Å².